The summed E-state index contributed by atoms with van der Waals surface area (Å²) in [5.74, 6) is 0.875. The number of aromatic nitrogens is 1. The first-order valence-electron chi connectivity index (χ1n) is 8.82. The molecule has 0 aliphatic heterocycles. The van der Waals surface area contributed by atoms with Crippen LogP contribution in [0.25, 0.3) is 11.1 Å². The van der Waals surface area contributed by atoms with Gasteiger partial charge in [0.15, 0.2) is 11.5 Å². The van der Waals surface area contributed by atoms with Crippen LogP contribution < -0.4 is 10.6 Å². The van der Waals surface area contributed by atoms with Gasteiger partial charge in [-0.15, -0.1) is 0 Å². The molecule has 1 heterocycles. The van der Waals surface area contributed by atoms with Crippen LogP contribution in [0.15, 0.2) is 40.8 Å². The van der Waals surface area contributed by atoms with E-state index in [4.69, 9.17) is 16.0 Å². The van der Waals surface area contributed by atoms with Crippen LogP contribution >= 0.6 is 11.6 Å². The van der Waals surface area contributed by atoms with E-state index in [1.165, 1.54) is 18.2 Å². The molecular weight excluding hydrogens is 384 g/mol. The van der Waals surface area contributed by atoms with Crippen LogP contribution in [0, 0.1) is 10.1 Å². The van der Waals surface area contributed by atoms with Gasteiger partial charge in [-0.2, -0.15) is 0 Å². The second kappa shape index (κ2) is 7.12. The molecule has 4 rings (SSSR count). The number of rotatable bonds is 6. The maximum Gasteiger partial charge on any atom is 0.271 e. The van der Waals surface area contributed by atoms with E-state index in [9.17, 15) is 14.9 Å². The standard InChI is InChI=1S/C19H17ClN4O4/c1-10(18(25)22-15-6-5-13(24(26)27)9-14(15)20)21-12-4-7-17-16(8-12)23-19(28-17)11-2-3-11/h4-11,21H,2-3H2,1H3,(H,22,25). The molecule has 2 aromatic carbocycles. The number of anilines is 2. The van der Waals surface area contributed by atoms with Crippen LogP contribution in [0.2, 0.25) is 5.02 Å². The summed E-state index contributed by atoms with van der Waals surface area (Å²) in [7, 11) is 0. The van der Waals surface area contributed by atoms with Crippen molar-refractivity contribution in [1.29, 1.82) is 0 Å². The Morgan fingerprint density at radius 1 is 1.32 bits per heavy atom. The molecular formula is C19H17ClN4O4. The highest BCUT2D eigenvalue weighted by Gasteiger charge is 2.29. The number of halogens is 1. The third kappa shape index (κ3) is 3.77. The monoisotopic (exact) mass is 400 g/mol. The first-order valence-corrected chi connectivity index (χ1v) is 9.20. The van der Waals surface area contributed by atoms with Gasteiger partial charge in [-0.25, -0.2) is 4.98 Å². The van der Waals surface area contributed by atoms with Crippen molar-refractivity contribution in [3.63, 3.8) is 0 Å². The zero-order valence-corrected chi connectivity index (χ0v) is 15.7. The van der Waals surface area contributed by atoms with Gasteiger partial charge in [-0.1, -0.05) is 11.6 Å². The number of nitro benzene ring substituents is 1. The van der Waals surface area contributed by atoms with E-state index in [-0.39, 0.29) is 16.6 Å². The van der Waals surface area contributed by atoms with E-state index < -0.39 is 11.0 Å². The quantitative estimate of drug-likeness (QED) is 0.458. The summed E-state index contributed by atoms with van der Waals surface area (Å²) in [5, 5.41) is 16.7. The Labute approximate surface area is 165 Å². The molecule has 144 valence electrons. The summed E-state index contributed by atoms with van der Waals surface area (Å²) in [6.07, 6.45) is 2.22. The van der Waals surface area contributed by atoms with Gasteiger partial charge in [-0.05, 0) is 44.0 Å². The number of amides is 1. The molecule has 28 heavy (non-hydrogen) atoms. The molecule has 1 amide bonds. The fraction of sp³-hybridized carbons (Fsp3) is 0.263. The van der Waals surface area contributed by atoms with E-state index in [0.29, 0.717) is 11.6 Å². The third-order valence-corrected chi connectivity index (χ3v) is 4.84. The number of carbonyl (C=O) groups is 1. The molecule has 0 bridgehead atoms. The zero-order valence-electron chi connectivity index (χ0n) is 14.9. The Balaban J connectivity index is 1.44. The van der Waals surface area contributed by atoms with Gasteiger partial charge in [0.1, 0.15) is 11.6 Å². The number of oxazole rings is 1. The van der Waals surface area contributed by atoms with Crippen molar-refractivity contribution in [3.8, 4) is 0 Å². The van der Waals surface area contributed by atoms with Crippen LogP contribution in [-0.2, 0) is 4.79 Å². The summed E-state index contributed by atoms with van der Waals surface area (Å²) >= 11 is 6.02. The van der Waals surface area contributed by atoms with Gasteiger partial charge in [0, 0.05) is 23.7 Å². The van der Waals surface area contributed by atoms with E-state index >= 15 is 0 Å². The highest BCUT2D eigenvalue weighted by Crippen LogP contribution is 2.40. The van der Waals surface area contributed by atoms with E-state index in [1.807, 2.05) is 18.2 Å². The van der Waals surface area contributed by atoms with Gasteiger partial charge in [0.05, 0.1) is 15.6 Å². The van der Waals surface area contributed by atoms with Crippen molar-refractivity contribution in [2.45, 2.75) is 31.7 Å². The molecule has 1 unspecified atom stereocenters. The van der Waals surface area contributed by atoms with Crippen LogP contribution in [0.4, 0.5) is 17.1 Å². The molecule has 3 aromatic rings. The number of hydrogen-bond donors (Lipinski definition) is 2. The number of carbonyl (C=O) groups excluding carboxylic acids is 1. The number of fused-ring (bicyclic) bond motifs is 1. The number of non-ortho nitro benzene ring substituents is 1. The minimum absolute atomic E-state index is 0.103. The second-order valence-electron chi connectivity index (χ2n) is 6.79. The molecule has 1 fully saturated rings. The van der Waals surface area contributed by atoms with Crippen molar-refractivity contribution >= 4 is 45.7 Å². The van der Waals surface area contributed by atoms with Crippen molar-refractivity contribution in [2.24, 2.45) is 0 Å². The predicted octanol–water partition coefficient (Wildman–Crippen LogP) is 4.71. The molecule has 1 atom stereocenters. The number of benzene rings is 2. The Bertz CT molecular complexity index is 1080. The van der Waals surface area contributed by atoms with Gasteiger partial charge in [-0.3, -0.25) is 14.9 Å². The molecule has 8 nitrogen and oxygen atoms in total. The SMILES string of the molecule is CC(Nc1ccc2oc(C3CC3)nc2c1)C(=O)Nc1ccc([N+](=O)[O-])cc1Cl. The van der Waals surface area contributed by atoms with Gasteiger partial charge in [0.2, 0.25) is 5.91 Å². The lowest BCUT2D eigenvalue weighted by molar-refractivity contribution is -0.384. The molecule has 2 N–H and O–H groups in total. The Kier molecular flexibility index (Phi) is 4.64. The largest absolute Gasteiger partial charge is 0.440 e. The lowest BCUT2D eigenvalue weighted by Crippen LogP contribution is -2.31. The van der Waals surface area contributed by atoms with Crippen LogP contribution in [0.5, 0.6) is 0 Å². The van der Waals surface area contributed by atoms with Crippen LogP contribution in [-0.4, -0.2) is 21.9 Å². The molecule has 9 heteroatoms. The minimum atomic E-state index is -0.571. The lowest BCUT2D eigenvalue weighted by atomic mass is 10.2. The molecule has 1 aromatic heterocycles. The lowest BCUT2D eigenvalue weighted by Gasteiger charge is -2.15. The molecule has 1 aliphatic rings. The molecule has 0 spiro atoms. The topological polar surface area (TPSA) is 110 Å². The van der Waals surface area contributed by atoms with Crippen molar-refractivity contribution in [3.05, 3.63) is 57.4 Å². The zero-order chi connectivity index (χ0) is 19.8. The summed E-state index contributed by atoms with van der Waals surface area (Å²) < 4.78 is 5.74. The average Bonchev–Trinajstić information content (AvgIpc) is 3.42. The fourth-order valence-electron chi connectivity index (χ4n) is 2.82. The highest BCUT2D eigenvalue weighted by atomic mass is 35.5. The Morgan fingerprint density at radius 2 is 2.11 bits per heavy atom. The number of nitro groups is 1. The van der Waals surface area contributed by atoms with Crippen LogP contribution in [0.1, 0.15) is 31.6 Å². The van der Waals surface area contributed by atoms with Gasteiger partial charge >= 0.3 is 0 Å². The van der Waals surface area contributed by atoms with Gasteiger partial charge in [0.25, 0.3) is 5.69 Å². The van der Waals surface area contributed by atoms with Crippen molar-refractivity contribution in [2.75, 3.05) is 10.6 Å². The fourth-order valence-corrected chi connectivity index (χ4v) is 3.04. The maximum absolute atomic E-state index is 12.5. The number of hydrogen-bond acceptors (Lipinski definition) is 6. The highest BCUT2D eigenvalue weighted by molar-refractivity contribution is 6.34. The molecule has 1 aliphatic carbocycles. The van der Waals surface area contributed by atoms with Crippen LogP contribution in [0.3, 0.4) is 0 Å². The van der Waals surface area contributed by atoms with Crippen molar-refractivity contribution in [1.82, 2.24) is 4.98 Å². The van der Waals surface area contributed by atoms with E-state index in [1.54, 1.807) is 6.92 Å². The van der Waals surface area contributed by atoms with Crippen molar-refractivity contribution < 1.29 is 14.1 Å². The summed E-state index contributed by atoms with van der Waals surface area (Å²) in [5.41, 5.74) is 2.38. The Morgan fingerprint density at radius 3 is 2.79 bits per heavy atom. The number of nitrogens with one attached hydrogen (secondary N) is 2. The first kappa shape index (κ1) is 18.2. The summed E-state index contributed by atoms with van der Waals surface area (Å²) in [6.45, 7) is 1.71. The smallest absolute Gasteiger partial charge is 0.271 e. The maximum atomic E-state index is 12.5. The third-order valence-electron chi connectivity index (χ3n) is 4.53. The van der Waals surface area contributed by atoms with Gasteiger partial charge < -0.3 is 15.1 Å². The normalized spacial score (nSPS) is 14.6. The number of nitrogens with zero attached hydrogens (tertiary/aromatic N) is 2. The molecule has 0 saturated heterocycles. The predicted molar refractivity (Wildman–Crippen MR) is 106 cm³/mol. The summed E-state index contributed by atoms with van der Waals surface area (Å²) in [6, 6.07) is 8.82. The molecule has 1 saturated carbocycles. The first-order chi connectivity index (χ1) is 13.4. The summed E-state index contributed by atoms with van der Waals surface area (Å²) in [4.78, 5) is 27.2. The van der Waals surface area contributed by atoms with E-state index in [2.05, 4.69) is 15.6 Å². The minimum Gasteiger partial charge on any atom is -0.440 e. The molecule has 0 radical (unpaired) electrons. The average molecular weight is 401 g/mol. The van der Waals surface area contributed by atoms with E-state index in [0.717, 1.165) is 35.5 Å². The second-order valence-corrected chi connectivity index (χ2v) is 7.19. The Hall–Kier alpha value is -3.13.